The molecule has 168 valence electrons. The van der Waals surface area contributed by atoms with Gasteiger partial charge in [0.05, 0.1) is 23.8 Å². The van der Waals surface area contributed by atoms with E-state index in [0.29, 0.717) is 17.2 Å². The van der Waals surface area contributed by atoms with Gasteiger partial charge in [0, 0.05) is 24.6 Å². The van der Waals surface area contributed by atoms with E-state index in [0.717, 1.165) is 49.4 Å². The molecule has 0 radical (unpaired) electrons. The fourth-order valence-electron chi connectivity index (χ4n) is 3.95. The summed E-state index contributed by atoms with van der Waals surface area (Å²) in [4.78, 5) is 25.4. The number of hydrogen-bond acceptors (Lipinski definition) is 5. The van der Waals surface area contributed by atoms with Gasteiger partial charge in [-0.2, -0.15) is 13.2 Å². The van der Waals surface area contributed by atoms with E-state index in [9.17, 15) is 17.6 Å². The van der Waals surface area contributed by atoms with E-state index in [1.807, 2.05) is 0 Å². The molecule has 0 saturated carbocycles. The van der Waals surface area contributed by atoms with E-state index in [1.54, 1.807) is 6.33 Å². The van der Waals surface area contributed by atoms with Crippen LogP contribution in [0.25, 0.3) is 22.4 Å². The molecule has 32 heavy (non-hydrogen) atoms. The number of hydrogen-bond donors (Lipinski definition) is 2. The molecule has 1 aliphatic rings. The predicted octanol–water partition coefficient (Wildman–Crippen LogP) is 4.71. The number of benzene rings is 1. The van der Waals surface area contributed by atoms with E-state index >= 15 is 0 Å². The molecular formula is C20H18ClF4N7. The molecule has 3 aromatic heterocycles. The maximum Gasteiger partial charge on any atom is 0.419 e. The highest BCUT2D eigenvalue weighted by molar-refractivity contribution is 5.85. The topological polar surface area (TPSA) is 86.4 Å². The molecular weight excluding hydrogens is 450 g/mol. The zero-order chi connectivity index (χ0) is 21.6. The molecule has 0 unspecified atom stereocenters. The quantitative estimate of drug-likeness (QED) is 0.426. The van der Waals surface area contributed by atoms with E-state index in [1.165, 1.54) is 18.6 Å². The summed E-state index contributed by atoms with van der Waals surface area (Å²) < 4.78 is 52.6. The molecule has 5 rings (SSSR count). The van der Waals surface area contributed by atoms with Crippen molar-refractivity contribution in [3.05, 3.63) is 54.3 Å². The van der Waals surface area contributed by atoms with E-state index in [2.05, 4.69) is 34.8 Å². The largest absolute Gasteiger partial charge is 0.419 e. The summed E-state index contributed by atoms with van der Waals surface area (Å²) in [5, 5.41) is 0. The summed E-state index contributed by atoms with van der Waals surface area (Å²) in [7, 11) is 0. The highest BCUT2D eigenvalue weighted by atomic mass is 35.5. The van der Waals surface area contributed by atoms with Crippen LogP contribution >= 0.6 is 12.4 Å². The van der Waals surface area contributed by atoms with E-state index < -0.39 is 17.6 Å². The Labute approximate surface area is 185 Å². The molecule has 0 aliphatic carbocycles. The number of nitrogens with zero attached hydrogens (tertiary/aromatic N) is 5. The lowest BCUT2D eigenvalue weighted by Crippen LogP contribution is -2.34. The molecule has 2 N–H and O–H groups in total. The maximum atomic E-state index is 13.6. The van der Waals surface area contributed by atoms with Crippen LogP contribution in [0.2, 0.25) is 0 Å². The van der Waals surface area contributed by atoms with Gasteiger partial charge in [0.25, 0.3) is 0 Å². The first kappa shape index (κ1) is 22.0. The van der Waals surface area contributed by atoms with Gasteiger partial charge in [0.15, 0.2) is 11.5 Å². The standard InChI is InChI=1S/C20H17F4N7.ClH/c21-14-2-1-12(7-13(14)20(22,23)24)15-8-25-17(30-15)11-3-5-31(6-4-11)19-16-18(27-9-26-16)28-10-29-19;/h1-2,7-11H,3-6H2,(H,25,30)(H,26,27,28,29);1H. The average molecular weight is 468 g/mol. The van der Waals surface area contributed by atoms with Crippen molar-refractivity contribution >= 4 is 29.4 Å². The van der Waals surface area contributed by atoms with Crippen molar-refractivity contribution < 1.29 is 17.6 Å². The van der Waals surface area contributed by atoms with Crippen molar-refractivity contribution in [2.45, 2.75) is 24.9 Å². The summed E-state index contributed by atoms with van der Waals surface area (Å²) in [5.41, 5.74) is 0.783. The maximum absolute atomic E-state index is 13.6. The second kappa shape index (κ2) is 8.38. The third-order valence-electron chi connectivity index (χ3n) is 5.56. The first-order valence-electron chi connectivity index (χ1n) is 9.71. The van der Waals surface area contributed by atoms with Crippen molar-refractivity contribution in [1.82, 2.24) is 29.9 Å². The van der Waals surface area contributed by atoms with Gasteiger partial charge in [0.2, 0.25) is 0 Å². The number of imidazole rings is 2. The van der Waals surface area contributed by atoms with Gasteiger partial charge < -0.3 is 14.9 Å². The number of aromatic amines is 2. The Morgan fingerprint density at radius 3 is 2.56 bits per heavy atom. The third kappa shape index (κ3) is 3.99. The van der Waals surface area contributed by atoms with Crippen LogP contribution in [-0.4, -0.2) is 43.0 Å². The monoisotopic (exact) mass is 467 g/mol. The summed E-state index contributed by atoms with van der Waals surface area (Å²) in [6.45, 7) is 1.46. The Morgan fingerprint density at radius 1 is 1.03 bits per heavy atom. The minimum absolute atomic E-state index is 0. The van der Waals surface area contributed by atoms with Crippen LogP contribution in [0.15, 0.2) is 37.1 Å². The number of aromatic nitrogens is 6. The fourth-order valence-corrected chi connectivity index (χ4v) is 3.95. The number of rotatable bonds is 3. The summed E-state index contributed by atoms with van der Waals surface area (Å²) in [6, 6.07) is 2.95. The number of alkyl halides is 3. The minimum Gasteiger partial charge on any atom is -0.355 e. The van der Waals surface area contributed by atoms with E-state index in [-0.39, 0.29) is 23.9 Å². The average Bonchev–Trinajstić information content (AvgIpc) is 3.43. The Hall–Kier alpha value is -3.21. The smallest absolute Gasteiger partial charge is 0.355 e. The van der Waals surface area contributed by atoms with Gasteiger partial charge >= 0.3 is 6.18 Å². The van der Waals surface area contributed by atoms with Gasteiger partial charge in [-0.25, -0.2) is 24.3 Å². The van der Waals surface area contributed by atoms with Crippen molar-refractivity contribution in [3.63, 3.8) is 0 Å². The number of fused-ring (bicyclic) bond motifs is 1. The van der Waals surface area contributed by atoms with Crippen LogP contribution in [0.1, 0.15) is 30.1 Å². The predicted molar refractivity (Wildman–Crippen MR) is 112 cm³/mol. The molecule has 0 spiro atoms. The molecule has 0 atom stereocenters. The van der Waals surface area contributed by atoms with Gasteiger partial charge in [-0.3, -0.25) is 0 Å². The lowest BCUT2D eigenvalue weighted by Gasteiger charge is -2.31. The third-order valence-corrected chi connectivity index (χ3v) is 5.56. The molecule has 12 heteroatoms. The number of anilines is 1. The van der Waals surface area contributed by atoms with Gasteiger partial charge in [-0.1, -0.05) is 0 Å². The second-order valence-electron chi connectivity index (χ2n) is 7.43. The summed E-state index contributed by atoms with van der Waals surface area (Å²) in [6.07, 6.45) is 1.40. The number of piperidine rings is 1. The molecule has 1 aliphatic heterocycles. The Morgan fingerprint density at radius 2 is 1.81 bits per heavy atom. The SMILES string of the molecule is Cl.Fc1ccc(-c2cnc(C3CCN(c4ncnc5[nH]cnc45)CC3)[nH]2)cc1C(F)(F)F. The highest BCUT2D eigenvalue weighted by Gasteiger charge is 2.34. The van der Waals surface area contributed by atoms with Crippen LogP contribution in [0.4, 0.5) is 23.4 Å². The molecule has 4 heterocycles. The zero-order valence-corrected chi connectivity index (χ0v) is 17.3. The number of halogens is 5. The number of nitrogens with one attached hydrogen (secondary N) is 2. The minimum atomic E-state index is -4.75. The van der Waals surface area contributed by atoms with Crippen molar-refractivity contribution in [1.29, 1.82) is 0 Å². The van der Waals surface area contributed by atoms with Crippen LogP contribution in [0.3, 0.4) is 0 Å². The lowest BCUT2D eigenvalue weighted by molar-refractivity contribution is -0.139. The molecule has 1 aromatic carbocycles. The molecule has 4 aromatic rings. The van der Waals surface area contributed by atoms with Crippen LogP contribution in [-0.2, 0) is 6.18 Å². The Bertz CT molecular complexity index is 1230. The second-order valence-corrected chi connectivity index (χ2v) is 7.43. The van der Waals surface area contributed by atoms with Crippen LogP contribution in [0, 0.1) is 5.82 Å². The molecule has 0 bridgehead atoms. The van der Waals surface area contributed by atoms with Crippen LogP contribution < -0.4 is 4.90 Å². The summed E-state index contributed by atoms with van der Waals surface area (Å²) in [5.74, 6) is 0.319. The Kier molecular flexibility index (Phi) is 5.76. The van der Waals surface area contributed by atoms with Gasteiger partial charge in [-0.05, 0) is 31.0 Å². The molecule has 1 fully saturated rings. The first-order chi connectivity index (χ1) is 14.9. The highest BCUT2D eigenvalue weighted by Crippen LogP contribution is 2.35. The zero-order valence-electron chi connectivity index (χ0n) is 16.5. The molecule has 7 nitrogen and oxygen atoms in total. The molecule has 0 amide bonds. The van der Waals surface area contributed by atoms with Crippen molar-refractivity contribution in [2.75, 3.05) is 18.0 Å². The fraction of sp³-hybridized carbons (Fsp3) is 0.300. The van der Waals surface area contributed by atoms with Crippen molar-refractivity contribution in [2.24, 2.45) is 0 Å². The Balaban J connectivity index is 0.00000245. The van der Waals surface area contributed by atoms with Crippen molar-refractivity contribution in [3.8, 4) is 11.3 Å². The summed E-state index contributed by atoms with van der Waals surface area (Å²) >= 11 is 0. The lowest BCUT2D eigenvalue weighted by atomic mass is 9.96. The first-order valence-corrected chi connectivity index (χ1v) is 9.71. The molecule has 1 saturated heterocycles. The van der Waals surface area contributed by atoms with E-state index in [4.69, 9.17) is 0 Å². The normalized spacial score (nSPS) is 15.2. The number of H-pyrrole nitrogens is 2. The van der Waals surface area contributed by atoms with Gasteiger partial charge in [-0.15, -0.1) is 12.4 Å². The van der Waals surface area contributed by atoms with Crippen LogP contribution in [0.5, 0.6) is 0 Å². The van der Waals surface area contributed by atoms with Gasteiger partial charge in [0.1, 0.15) is 23.5 Å².